The van der Waals surface area contributed by atoms with Crippen LogP contribution in [-0.4, -0.2) is 27.6 Å². The Labute approximate surface area is 123 Å². The molecule has 21 heavy (non-hydrogen) atoms. The molecule has 1 N–H and O–H groups in total. The van der Waals surface area contributed by atoms with E-state index in [9.17, 15) is 13.2 Å². The molecule has 1 heterocycles. The van der Waals surface area contributed by atoms with Crippen molar-refractivity contribution in [2.75, 3.05) is 7.11 Å². The Kier molecular flexibility index (Phi) is 4.70. The first-order valence-corrected chi connectivity index (χ1v) is 8.21. The minimum atomic E-state index is -4.01. The molecule has 0 radical (unpaired) electrons. The van der Waals surface area contributed by atoms with E-state index in [1.54, 1.807) is 0 Å². The van der Waals surface area contributed by atoms with Crippen molar-refractivity contribution in [1.82, 2.24) is 4.89 Å². The quantitative estimate of drug-likeness (QED) is 0.657. The normalized spacial score (nSPS) is 16.3. The number of rotatable bonds is 5. The number of sulfonamides is 1. The highest BCUT2D eigenvalue weighted by molar-refractivity contribution is 7.89. The van der Waals surface area contributed by atoms with Gasteiger partial charge in [0.15, 0.2) is 0 Å². The Morgan fingerprint density at radius 2 is 1.86 bits per heavy atom. The lowest BCUT2D eigenvalue weighted by molar-refractivity contribution is 0.0222. The van der Waals surface area contributed by atoms with Crippen LogP contribution in [0.1, 0.15) is 47.6 Å². The van der Waals surface area contributed by atoms with Crippen molar-refractivity contribution < 1.29 is 27.2 Å². The van der Waals surface area contributed by atoms with Gasteiger partial charge < -0.3 is 9.15 Å². The van der Waals surface area contributed by atoms with Gasteiger partial charge in [0.05, 0.1) is 13.2 Å². The summed E-state index contributed by atoms with van der Waals surface area (Å²) in [4.78, 5) is 18.8. The summed E-state index contributed by atoms with van der Waals surface area (Å²) in [5.41, 5.74) is -0.0995. The van der Waals surface area contributed by atoms with Crippen LogP contribution >= 0.6 is 0 Å². The van der Waals surface area contributed by atoms with Gasteiger partial charge in [0, 0.05) is 0 Å². The number of ether oxygens (including phenoxy) is 1. The molecule has 0 saturated heterocycles. The molecule has 1 aromatic heterocycles. The number of carbonyl (C=O) groups is 1. The molecular formula is C13H19NO6S. The largest absolute Gasteiger partial charge is 0.465 e. The fourth-order valence-electron chi connectivity index (χ4n) is 2.50. The van der Waals surface area contributed by atoms with Gasteiger partial charge in [0.2, 0.25) is 0 Å². The summed E-state index contributed by atoms with van der Waals surface area (Å²) in [5, 5.41) is 0. The smallest absolute Gasteiger partial charge is 0.342 e. The summed E-state index contributed by atoms with van der Waals surface area (Å²) in [6.45, 7) is 2.99. The van der Waals surface area contributed by atoms with Gasteiger partial charge in [0.1, 0.15) is 22.0 Å². The van der Waals surface area contributed by atoms with Crippen molar-refractivity contribution in [3.63, 3.8) is 0 Å². The van der Waals surface area contributed by atoms with Gasteiger partial charge in [-0.3, -0.25) is 4.84 Å². The van der Waals surface area contributed by atoms with Crippen LogP contribution in [0.2, 0.25) is 0 Å². The standard InChI is InChI=1S/C13H19NO6S/c1-8-11(13(15)18-3)12(9(2)19-8)21(16,17)14-20-10-6-4-5-7-10/h10,14H,4-7H2,1-3H3. The van der Waals surface area contributed by atoms with Crippen LogP contribution in [0, 0.1) is 13.8 Å². The van der Waals surface area contributed by atoms with E-state index < -0.39 is 16.0 Å². The maximum atomic E-state index is 12.4. The molecule has 0 spiro atoms. The fourth-order valence-corrected chi connectivity index (χ4v) is 3.77. The summed E-state index contributed by atoms with van der Waals surface area (Å²) in [5.74, 6) is -0.443. The first-order chi connectivity index (χ1) is 9.86. The zero-order chi connectivity index (χ0) is 15.6. The van der Waals surface area contributed by atoms with E-state index in [1.165, 1.54) is 21.0 Å². The van der Waals surface area contributed by atoms with E-state index >= 15 is 0 Å². The maximum absolute atomic E-state index is 12.4. The number of hydrogen-bond donors (Lipinski definition) is 1. The summed E-state index contributed by atoms with van der Waals surface area (Å²) >= 11 is 0. The van der Waals surface area contributed by atoms with Crippen molar-refractivity contribution in [3.05, 3.63) is 17.1 Å². The second kappa shape index (κ2) is 6.17. The van der Waals surface area contributed by atoms with Crippen LogP contribution in [-0.2, 0) is 19.6 Å². The molecule has 1 aliphatic rings. The molecule has 8 heteroatoms. The van der Waals surface area contributed by atoms with Gasteiger partial charge in [-0.05, 0) is 26.7 Å². The van der Waals surface area contributed by atoms with Gasteiger partial charge in [-0.2, -0.15) is 0 Å². The van der Waals surface area contributed by atoms with Crippen LogP contribution in [0.5, 0.6) is 0 Å². The third-order valence-corrected chi connectivity index (χ3v) is 4.83. The number of furan rings is 1. The number of methoxy groups -OCH3 is 1. The Hall–Kier alpha value is -1.38. The number of hydrogen-bond acceptors (Lipinski definition) is 6. The molecule has 118 valence electrons. The van der Waals surface area contributed by atoms with Crippen molar-refractivity contribution in [3.8, 4) is 0 Å². The second-order valence-corrected chi connectivity index (χ2v) is 6.60. The Bertz CT molecular complexity index is 627. The second-order valence-electron chi connectivity index (χ2n) is 5.02. The highest BCUT2D eigenvalue weighted by Gasteiger charge is 2.32. The lowest BCUT2D eigenvalue weighted by Crippen LogP contribution is -2.29. The summed E-state index contributed by atoms with van der Waals surface area (Å²) < 4.78 is 34.6. The Morgan fingerprint density at radius 3 is 2.43 bits per heavy atom. The van der Waals surface area contributed by atoms with E-state index in [-0.39, 0.29) is 28.1 Å². The van der Waals surface area contributed by atoms with Crippen LogP contribution in [0.25, 0.3) is 0 Å². The molecule has 0 atom stereocenters. The summed E-state index contributed by atoms with van der Waals surface area (Å²) in [7, 11) is -2.83. The van der Waals surface area contributed by atoms with E-state index in [1.807, 2.05) is 0 Å². The zero-order valence-corrected chi connectivity index (χ0v) is 13.1. The predicted octanol–water partition coefficient (Wildman–Crippen LogP) is 1.84. The maximum Gasteiger partial charge on any atom is 0.342 e. The molecule has 1 saturated carbocycles. The van der Waals surface area contributed by atoms with Crippen LogP contribution in [0.15, 0.2) is 9.31 Å². The molecule has 0 amide bonds. The van der Waals surface area contributed by atoms with Gasteiger partial charge in [-0.1, -0.05) is 17.7 Å². The summed E-state index contributed by atoms with van der Waals surface area (Å²) in [6, 6.07) is 0. The predicted molar refractivity (Wildman–Crippen MR) is 73.2 cm³/mol. The highest BCUT2D eigenvalue weighted by Crippen LogP contribution is 2.28. The van der Waals surface area contributed by atoms with Crippen molar-refractivity contribution in [2.24, 2.45) is 0 Å². The molecule has 2 rings (SSSR count). The average molecular weight is 317 g/mol. The van der Waals surface area contributed by atoms with Gasteiger partial charge in [-0.15, -0.1) is 0 Å². The molecule has 0 aromatic carbocycles. The van der Waals surface area contributed by atoms with E-state index in [2.05, 4.69) is 9.62 Å². The molecule has 1 aliphatic carbocycles. The van der Waals surface area contributed by atoms with Gasteiger partial charge in [0.25, 0.3) is 10.0 Å². The highest BCUT2D eigenvalue weighted by atomic mass is 32.2. The van der Waals surface area contributed by atoms with Crippen LogP contribution < -0.4 is 4.89 Å². The Balaban J connectivity index is 2.28. The molecule has 0 bridgehead atoms. The minimum absolute atomic E-state index is 0.0995. The van der Waals surface area contributed by atoms with E-state index in [4.69, 9.17) is 9.25 Å². The topological polar surface area (TPSA) is 94.8 Å². The van der Waals surface area contributed by atoms with Crippen LogP contribution in [0.4, 0.5) is 0 Å². The van der Waals surface area contributed by atoms with Crippen molar-refractivity contribution in [2.45, 2.75) is 50.5 Å². The number of aryl methyl sites for hydroxylation is 2. The zero-order valence-electron chi connectivity index (χ0n) is 12.3. The van der Waals surface area contributed by atoms with Crippen LogP contribution in [0.3, 0.4) is 0 Å². The average Bonchev–Trinajstić information content (AvgIpc) is 3.03. The SMILES string of the molecule is COC(=O)c1c(C)oc(C)c1S(=O)(=O)NOC1CCCC1. The minimum Gasteiger partial charge on any atom is -0.465 e. The van der Waals surface area contributed by atoms with Crippen molar-refractivity contribution >= 4 is 16.0 Å². The lowest BCUT2D eigenvalue weighted by atomic mass is 10.2. The molecule has 1 fully saturated rings. The van der Waals surface area contributed by atoms with E-state index in [0.717, 1.165) is 25.7 Å². The molecular weight excluding hydrogens is 298 g/mol. The summed E-state index contributed by atoms with van der Waals surface area (Å²) in [6.07, 6.45) is 3.54. The third-order valence-electron chi connectivity index (χ3n) is 3.49. The number of esters is 1. The van der Waals surface area contributed by atoms with Gasteiger partial charge in [-0.25, -0.2) is 13.2 Å². The van der Waals surface area contributed by atoms with E-state index in [0.29, 0.717) is 0 Å². The first-order valence-electron chi connectivity index (χ1n) is 6.72. The number of nitrogens with one attached hydrogen (secondary N) is 1. The van der Waals surface area contributed by atoms with Crippen molar-refractivity contribution in [1.29, 1.82) is 0 Å². The number of carbonyl (C=O) groups excluding carboxylic acids is 1. The monoisotopic (exact) mass is 317 g/mol. The first kappa shape index (κ1) is 16.0. The lowest BCUT2D eigenvalue weighted by Gasteiger charge is -2.12. The molecule has 7 nitrogen and oxygen atoms in total. The third kappa shape index (κ3) is 3.28. The Morgan fingerprint density at radius 1 is 1.24 bits per heavy atom. The molecule has 0 aliphatic heterocycles. The molecule has 0 unspecified atom stereocenters. The fraction of sp³-hybridized carbons (Fsp3) is 0.615. The molecule has 1 aromatic rings. The van der Waals surface area contributed by atoms with Gasteiger partial charge >= 0.3 is 5.97 Å².